The molecule has 2 heterocycles. The van der Waals surface area contributed by atoms with E-state index < -0.39 is 0 Å². The number of likely N-dealkylation sites (N-methyl/N-ethyl adjacent to an activating group) is 1. The van der Waals surface area contributed by atoms with Crippen molar-refractivity contribution in [1.82, 2.24) is 4.90 Å². The van der Waals surface area contributed by atoms with Crippen LogP contribution >= 0.6 is 0 Å². The topological polar surface area (TPSA) is 43.9 Å². The lowest BCUT2D eigenvalue weighted by molar-refractivity contribution is -0.158. The summed E-state index contributed by atoms with van der Waals surface area (Å²) in [6, 6.07) is 6.38. The van der Waals surface area contributed by atoms with E-state index in [0.29, 0.717) is 12.3 Å². The molecule has 4 aliphatic carbocycles. The third-order valence-corrected chi connectivity index (χ3v) is 8.56. The second kappa shape index (κ2) is 6.23. The first kappa shape index (κ1) is 17.8. The Morgan fingerprint density at radius 2 is 1.59 bits per heavy atom. The van der Waals surface area contributed by atoms with Gasteiger partial charge in [0, 0.05) is 44.6 Å². The van der Waals surface area contributed by atoms with E-state index in [0.717, 1.165) is 74.4 Å². The molecule has 0 aromatic heterocycles. The molecule has 2 aliphatic heterocycles. The van der Waals surface area contributed by atoms with E-state index in [1.165, 1.54) is 24.9 Å². The van der Waals surface area contributed by atoms with Crippen molar-refractivity contribution >= 4 is 23.2 Å². The number of piperazine rings is 1. The Morgan fingerprint density at radius 3 is 2.21 bits per heavy atom. The second-order valence-electron chi connectivity index (χ2n) is 10.4. The summed E-state index contributed by atoms with van der Waals surface area (Å²) in [4.78, 5) is 31.9. The number of benzene rings is 1. The van der Waals surface area contributed by atoms with Crippen LogP contribution in [0.25, 0.3) is 0 Å². The van der Waals surface area contributed by atoms with Crippen LogP contribution in [0.4, 0.5) is 11.4 Å². The molecule has 6 aliphatic rings. The predicted octanol–water partition coefficient (Wildman–Crippen LogP) is 3.07. The maximum Gasteiger partial charge on any atom is 0.231 e. The lowest BCUT2D eigenvalue weighted by atomic mass is 9.49. The summed E-state index contributed by atoms with van der Waals surface area (Å²) in [5.74, 6) is 3.09. The highest BCUT2D eigenvalue weighted by Gasteiger charge is 2.55. The zero-order valence-corrected chi connectivity index (χ0v) is 17.4. The molecule has 4 bridgehead atoms. The average Bonchev–Trinajstić information content (AvgIpc) is 3.00. The first-order valence-corrected chi connectivity index (χ1v) is 11.4. The van der Waals surface area contributed by atoms with Crippen molar-refractivity contribution in [2.75, 3.05) is 43.0 Å². The zero-order chi connectivity index (χ0) is 19.8. The number of carbonyl (C=O) groups is 2. The molecule has 1 aromatic carbocycles. The van der Waals surface area contributed by atoms with E-state index in [9.17, 15) is 9.59 Å². The summed E-state index contributed by atoms with van der Waals surface area (Å²) in [7, 11) is 1.85. The molecule has 5 fully saturated rings. The molecular weight excluding hydrogens is 362 g/mol. The van der Waals surface area contributed by atoms with E-state index in [1.807, 2.05) is 7.05 Å². The van der Waals surface area contributed by atoms with Crippen LogP contribution in [0.2, 0.25) is 0 Å². The van der Waals surface area contributed by atoms with Crippen molar-refractivity contribution in [3.05, 3.63) is 23.8 Å². The molecule has 7 rings (SSSR count). The van der Waals surface area contributed by atoms with Crippen molar-refractivity contribution in [3.8, 4) is 0 Å². The van der Waals surface area contributed by atoms with Crippen LogP contribution in [-0.2, 0) is 16.0 Å². The highest BCUT2D eigenvalue weighted by Crippen LogP contribution is 2.60. The maximum absolute atomic E-state index is 13.6. The van der Waals surface area contributed by atoms with Gasteiger partial charge in [0.2, 0.25) is 11.8 Å². The van der Waals surface area contributed by atoms with E-state index in [-0.39, 0.29) is 11.3 Å². The van der Waals surface area contributed by atoms with Gasteiger partial charge in [-0.2, -0.15) is 0 Å². The number of fused-ring (bicyclic) bond motifs is 1. The predicted molar refractivity (Wildman–Crippen MR) is 113 cm³/mol. The summed E-state index contributed by atoms with van der Waals surface area (Å²) in [5.41, 5.74) is 3.33. The zero-order valence-electron chi connectivity index (χ0n) is 17.4. The Labute approximate surface area is 173 Å². The Bertz CT molecular complexity index is 836. The summed E-state index contributed by atoms with van der Waals surface area (Å²) >= 11 is 0. The molecule has 4 saturated carbocycles. The number of rotatable bonds is 2. The molecule has 2 amide bonds. The first-order chi connectivity index (χ1) is 14.0. The van der Waals surface area contributed by atoms with E-state index in [4.69, 9.17) is 0 Å². The third-order valence-electron chi connectivity index (χ3n) is 8.56. The number of hydrogen-bond acceptors (Lipinski definition) is 3. The molecular formula is C24H31N3O2. The minimum Gasteiger partial charge on any atom is -0.368 e. The normalized spacial score (nSPS) is 35.4. The van der Waals surface area contributed by atoms with Gasteiger partial charge in [0.25, 0.3) is 0 Å². The van der Waals surface area contributed by atoms with Gasteiger partial charge in [-0.1, -0.05) is 0 Å². The van der Waals surface area contributed by atoms with Gasteiger partial charge in [0.1, 0.15) is 0 Å². The first-order valence-electron chi connectivity index (χ1n) is 11.4. The van der Waals surface area contributed by atoms with Gasteiger partial charge < -0.3 is 14.7 Å². The molecule has 0 radical (unpaired) electrons. The van der Waals surface area contributed by atoms with Crippen molar-refractivity contribution in [2.45, 2.75) is 44.9 Å². The molecule has 29 heavy (non-hydrogen) atoms. The lowest BCUT2D eigenvalue weighted by Gasteiger charge is -2.57. The van der Waals surface area contributed by atoms with Gasteiger partial charge in [-0.25, -0.2) is 0 Å². The fourth-order valence-electron chi connectivity index (χ4n) is 7.53. The van der Waals surface area contributed by atoms with E-state index in [1.54, 1.807) is 4.90 Å². The summed E-state index contributed by atoms with van der Waals surface area (Å²) in [6.45, 7) is 3.44. The third kappa shape index (κ3) is 2.72. The van der Waals surface area contributed by atoms with Gasteiger partial charge in [-0.05, 0) is 80.0 Å². The van der Waals surface area contributed by atoms with Crippen molar-refractivity contribution in [2.24, 2.45) is 23.2 Å². The highest BCUT2D eigenvalue weighted by atomic mass is 16.2. The molecule has 0 N–H and O–H groups in total. The highest BCUT2D eigenvalue weighted by molar-refractivity contribution is 6.01. The van der Waals surface area contributed by atoms with Gasteiger partial charge >= 0.3 is 0 Å². The van der Waals surface area contributed by atoms with Crippen LogP contribution in [0.15, 0.2) is 18.2 Å². The van der Waals surface area contributed by atoms with Crippen molar-refractivity contribution in [1.29, 1.82) is 0 Å². The maximum atomic E-state index is 13.6. The minimum absolute atomic E-state index is 0.0184. The number of anilines is 2. The van der Waals surface area contributed by atoms with Crippen LogP contribution in [0.3, 0.4) is 0 Å². The quantitative estimate of drug-likeness (QED) is 0.776. The van der Waals surface area contributed by atoms with E-state index in [2.05, 4.69) is 28.0 Å². The number of hydrogen-bond donors (Lipinski definition) is 0. The molecule has 1 aromatic rings. The molecule has 5 heteroatoms. The van der Waals surface area contributed by atoms with E-state index >= 15 is 0 Å². The molecule has 154 valence electrons. The Kier molecular flexibility index (Phi) is 3.82. The smallest absolute Gasteiger partial charge is 0.231 e. The minimum atomic E-state index is -0.0184. The standard InChI is InChI=1S/C24H31N3O2/c1-25-21-3-2-20(11-19(21)12-22(25)28)26-4-6-27(7-5-26)23(29)24-13-16-8-17(14-24)10-18(9-16)15-24/h2-3,11,16-18H,4-10,12-15H2,1H3. The van der Waals surface area contributed by atoms with Crippen LogP contribution in [0.1, 0.15) is 44.1 Å². The fraction of sp³-hybridized carbons (Fsp3) is 0.667. The van der Waals surface area contributed by atoms with Crippen LogP contribution in [0.5, 0.6) is 0 Å². The fourth-order valence-corrected chi connectivity index (χ4v) is 7.53. The van der Waals surface area contributed by atoms with Crippen molar-refractivity contribution < 1.29 is 9.59 Å². The van der Waals surface area contributed by atoms with Gasteiger partial charge in [-0.3, -0.25) is 9.59 Å². The summed E-state index contributed by atoms with van der Waals surface area (Å²) in [6.07, 6.45) is 8.13. The molecule has 0 unspecified atom stereocenters. The second-order valence-corrected chi connectivity index (χ2v) is 10.4. The average molecular weight is 394 g/mol. The molecule has 0 spiro atoms. The Hall–Kier alpha value is -2.04. The van der Waals surface area contributed by atoms with Crippen LogP contribution in [-0.4, -0.2) is 49.9 Å². The Balaban J connectivity index is 1.14. The summed E-state index contributed by atoms with van der Waals surface area (Å²) in [5, 5.41) is 0. The van der Waals surface area contributed by atoms with Gasteiger partial charge in [-0.15, -0.1) is 0 Å². The van der Waals surface area contributed by atoms with Gasteiger partial charge in [0.05, 0.1) is 11.8 Å². The Morgan fingerprint density at radius 1 is 0.966 bits per heavy atom. The molecule has 5 nitrogen and oxygen atoms in total. The number of carbonyl (C=O) groups excluding carboxylic acids is 2. The molecule has 0 atom stereocenters. The molecule has 1 saturated heterocycles. The van der Waals surface area contributed by atoms with Crippen molar-refractivity contribution in [3.63, 3.8) is 0 Å². The SMILES string of the molecule is CN1C(=O)Cc2cc(N3CCN(C(=O)C45CC6CC(CC(C6)C4)C5)CC3)ccc21. The van der Waals surface area contributed by atoms with Gasteiger partial charge in [0.15, 0.2) is 0 Å². The number of amides is 2. The number of nitrogens with zero attached hydrogens (tertiary/aromatic N) is 3. The lowest BCUT2D eigenvalue weighted by Crippen LogP contribution is -2.58. The van der Waals surface area contributed by atoms with Crippen LogP contribution < -0.4 is 9.80 Å². The largest absolute Gasteiger partial charge is 0.368 e. The van der Waals surface area contributed by atoms with Crippen LogP contribution in [0, 0.1) is 23.2 Å². The monoisotopic (exact) mass is 393 g/mol. The summed E-state index contributed by atoms with van der Waals surface area (Å²) < 4.78 is 0.